The number of carbonyl (C=O) groups excluding carboxylic acids is 3. The Hall–Kier alpha value is -4.85. The van der Waals surface area contributed by atoms with Gasteiger partial charge in [0.05, 0.1) is 5.52 Å². The largest absolute Gasteiger partial charge is 0.428 e. The van der Waals surface area contributed by atoms with Gasteiger partial charge in [-0.25, -0.2) is 15.0 Å². The highest BCUT2D eigenvalue weighted by Gasteiger charge is 2.67. The maximum absolute atomic E-state index is 14.2. The first-order valence-corrected chi connectivity index (χ1v) is 15.6. The van der Waals surface area contributed by atoms with Crippen LogP contribution in [-0.4, -0.2) is 69.5 Å². The fourth-order valence-electron chi connectivity index (χ4n) is 6.69. The average molecular weight is 685 g/mol. The molecule has 2 fully saturated rings. The third kappa shape index (κ3) is 5.25. The van der Waals surface area contributed by atoms with Crippen LogP contribution in [0.2, 0.25) is 0 Å². The van der Waals surface area contributed by atoms with Crippen molar-refractivity contribution in [3.8, 4) is 11.1 Å². The number of amides is 2. The summed E-state index contributed by atoms with van der Waals surface area (Å²) >= 11 is 3.37. The lowest BCUT2D eigenvalue weighted by Gasteiger charge is -2.27. The van der Waals surface area contributed by atoms with Crippen LogP contribution in [0.25, 0.3) is 22.0 Å². The molecule has 2 aliphatic rings. The molecule has 14 heteroatoms. The van der Waals surface area contributed by atoms with Gasteiger partial charge in [-0.2, -0.15) is 5.10 Å². The molecule has 13 nitrogen and oxygen atoms in total. The minimum Gasteiger partial charge on any atom is -0.428 e. The first kappa shape index (κ1) is 29.8. The lowest BCUT2D eigenvalue weighted by atomic mass is 9.95. The summed E-state index contributed by atoms with van der Waals surface area (Å²) < 4.78 is 7.60. The van der Waals surface area contributed by atoms with Crippen molar-refractivity contribution in [2.75, 3.05) is 5.32 Å². The van der Waals surface area contributed by atoms with Crippen LogP contribution in [-0.2, 0) is 22.6 Å². The average Bonchev–Trinajstić information content (AvgIpc) is 3.35. The molecule has 234 valence electrons. The van der Waals surface area contributed by atoms with E-state index in [9.17, 15) is 14.4 Å². The predicted octanol–water partition coefficient (Wildman–Crippen LogP) is 4.40. The van der Waals surface area contributed by atoms with Crippen LogP contribution in [0.5, 0.6) is 0 Å². The van der Waals surface area contributed by atoms with Gasteiger partial charge >= 0.3 is 0 Å². The fraction of sp³-hybridized carbons (Fsp3) is 0.344. The van der Waals surface area contributed by atoms with Crippen LogP contribution in [0.4, 0.5) is 5.82 Å². The third-order valence-corrected chi connectivity index (χ3v) is 9.43. The summed E-state index contributed by atoms with van der Waals surface area (Å²) in [6.45, 7) is 6.90. The number of likely N-dealkylation sites (tertiary alicyclic amines) is 1. The molecule has 5 aromatic rings. The Morgan fingerprint density at radius 1 is 1.07 bits per heavy atom. The Morgan fingerprint density at radius 3 is 2.57 bits per heavy atom. The lowest BCUT2D eigenvalue weighted by Crippen LogP contribution is -2.47. The number of benzene rings is 1. The van der Waals surface area contributed by atoms with Crippen molar-refractivity contribution in [1.29, 1.82) is 0 Å². The van der Waals surface area contributed by atoms with E-state index in [4.69, 9.17) is 4.42 Å². The van der Waals surface area contributed by atoms with Crippen molar-refractivity contribution in [1.82, 2.24) is 39.8 Å². The molecule has 0 spiro atoms. The number of aryl methyl sites for hydroxylation is 3. The number of ketones is 1. The van der Waals surface area contributed by atoms with E-state index in [-0.39, 0.29) is 41.3 Å². The number of pyridine rings is 1. The highest BCUT2D eigenvalue weighted by atomic mass is 79.9. The number of nitrogens with one attached hydrogen (secondary N) is 1. The quantitative estimate of drug-likeness (QED) is 0.183. The molecule has 1 N–H and O–H groups in total. The second kappa shape index (κ2) is 11.2. The maximum Gasteiger partial charge on any atom is 0.248 e. The topological polar surface area (TPSA) is 162 Å². The minimum atomic E-state index is -0.752. The molecule has 1 aliphatic heterocycles. The number of hydrogen-bond donors (Lipinski definition) is 1. The summed E-state index contributed by atoms with van der Waals surface area (Å²) in [5, 5.41) is 16.1. The molecule has 1 saturated carbocycles. The highest BCUT2D eigenvalue weighted by Crippen LogP contribution is 2.61. The Kier molecular flexibility index (Phi) is 7.26. The SMILES string of the molecule is CC(=O)c1nn(CC(=O)N2C3C[C@]3(Cc3nnco3)C[C@H]2C(=O)Nc2nc(Br)ccc2C)c2c(C)cc(-c3cnc(C)nc3)cc12. The second-order valence-electron chi connectivity index (χ2n) is 12.2. The van der Waals surface area contributed by atoms with Crippen LogP contribution in [0.3, 0.4) is 0 Å². The van der Waals surface area contributed by atoms with Crippen molar-refractivity contribution >= 4 is 50.2 Å². The van der Waals surface area contributed by atoms with Gasteiger partial charge in [-0.1, -0.05) is 6.07 Å². The summed E-state index contributed by atoms with van der Waals surface area (Å²) in [4.78, 5) is 55.5. The second-order valence-corrected chi connectivity index (χ2v) is 13.0. The number of carbonyl (C=O) groups is 3. The van der Waals surface area contributed by atoms with E-state index < -0.39 is 6.04 Å². The summed E-state index contributed by atoms with van der Waals surface area (Å²) in [5.74, 6) is 0.733. The molecule has 1 unspecified atom stereocenters. The van der Waals surface area contributed by atoms with Crippen molar-refractivity contribution in [3.05, 3.63) is 76.2 Å². The smallest absolute Gasteiger partial charge is 0.248 e. The number of nitrogens with zero attached hydrogens (tertiary/aromatic N) is 8. The number of anilines is 1. The van der Waals surface area contributed by atoms with Gasteiger partial charge in [0.1, 0.15) is 34.5 Å². The van der Waals surface area contributed by atoms with E-state index in [1.807, 2.05) is 39.0 Å². The Balaban J connectivity index is 1.22. The first-order valence-electron chi connectivity index (χ1n) is 14.8. The molecular formula is C32H30BrN9O4. The zero-order valence-electron chi connectivity index (χ0n) is 25.6. The van der Waals surface area contributed by atoms with Crippen LogP contribution < -0.4 is 5.32 Å². The lowest BCUT2D eigenvalue weighted by molar-refractivity contribution is -0.138. The molecule has 1 aliphatic carbocycles. The summed E-state index contributed by atoms with van der Waals surface area (Å²) in [7, 11) is 0. The number of rotatable bonds is 8. The van der Waals surface area contributed by atoms with Gasteiger partial charge in [0, 0.05) is 48.1 Å². The number of hydrogen-bond acceptors (Lipinski definition) is 10. The molecule has 1 saturated heterocycles. The van der Waals surface area contributed by atoms with Gasteiger partial charge in [0.25, 0.3) is 0 Å². The molecule has 3 atom stereocenters. The third-order valence-electron chi connectivity index (χ3n) is 8.99. The number of aromatic nitrogens is 7. The predicted molar refractivity (Wildman–Crippen MR) is 170 cm³/mol. The normalized spacial score (nSPS) is 20.2. The van der Waals surface area contributed by atoms with Crippen molar-refractivity contribution in [3.63, 3.8) is 0 Å². The number of Topliss-reactive ketones (excluding diaryl/α,β-unsaturated/α-hetero) is 1. The van der Waals surface area contributed by atoms with Gasteiger partial charge in [0.2, 0.25) is 24.1 Å². The standard InChI is InChI=1S/C32H30BrN9O4/c1-16-5-6-25(33)37-30(16)38-31(45)23-9-32(11-26-39-36-15-46-26)10-24(32)42(23)27(44)14-41-29-17(2)7-20(21-12-34-19(4)35-13-21)8-22(29)28(40-41)18(3)43/h5-8,12-13,15,23-24H,9-11,14H2,1-4H3,(H,37,38,45)/t23-,24?,32-/m0/s1. The molecule has 5 heterocycles. The maximum atomic E-state index is 14.2. The van der Waals surface area contributed by atoms with Crippen LogP contribution in [0, 0.1) is 26.2 Å². The number of piperidine rings is 1. The molecular weight excluding hydrogens is 654 g/mol. The molecule has 1 aromatic carbocycles. The van der Waals surface area contributed by atoms with E-state index in [2.05, 4.69) is 51.5 Å². The van der Waals surface area contributed by atoms with E-state index >= 15 is 0 Å². The Bertz CT molecular complexity index is 2030. The van der Waals surface area contributed by atoms with Gasteiger partial charge in [-0.15, -0.1) is 10.2 Å². The van der Waals surface area contributed by atoms with Gasteiger partial charge in [0.15, 0.2) is 5.78 Å². The molecule has 0 bridgehead atoms. The van der Waals surface area contributed by atoms with Gasteiger partial charge in [-0.05, 0) is 84.4 Å². The van der Waals surface area contributed by atoms with Crippen molar-refractivity contribution in [2.24, 2.45) is 5.41 Å². The Morgan fingerprint density at radius 2 is 1.85 bits per heavy atom. The van der Waals surface area contributed by atoms with Crippen LogP contribution >= 0.6 is 15.9 Å². The van der Waals surface area contributed by atoms with E-state index in [1.54, 1.807) is 28.0 Å². The van der Waals surface area contributed by atoms with E-state index in [0.29, 0.717) is 52.3 Å². The minimum absolute atomic E-state index is 0.150. The van der Waals surface area contributed by atoms with E-state index in [1.165, 1.54) is 13.3 Å². The van der Waals surface area contributed by atoms with Crippen molar-refractivity contribution < 1.29 is 18.8 Å². The molecule has 46 heavy (non-hydrogen) atoms. The van der Waals surface area contributed by atoms with Crippen molar-refractivity contribution in [2.45, 2.75) is 65.6 Å². The number of fused-ring (bicyclic) bond motifs is 2. The Labute approximate surface area is 272 Å². The molecule has 0 radical (unpaired) electrons. The van der Waals surface area contributed by atoms with Crippen LogP contribution in [0.1, 0.15) is 53.1 Å². The summed E-state index contributed by atoms with van der Waals surface area (Å²) in [5.41, 5.74) is 3.87. The van der Waals surface area contributed by atoms with Crippen LogP contribution in [0.15, 0.2) is 52.1 Å². The highest BCUT2D eigenvalue weighted by molar-refractivity contribution is 9.10. The summed E-state index contributed by atoms with van der Waals surface area (Å²) in [6, 6.07) is 6.57. The monoisotopic (exact) mass is 683 g/mol. The summed E-state index contributed by atoms with van der Waals surface area (Å²) in [6.07, 6.45) is 6.36. The van der Waals surface area contributed by atoms with Gasteiger partial charge < -0.3 is 14.6 Å². The zero-order chi connectivity index (χ0) is 32.3. The molecule has 7 rings (SSSR count). The fourth-order valence-corrected chi connectivity index (χ4v) is 7.00. The number of halogens is 1. The molecule has 2 amide bonds. The molecule has 4 aromatic heterocycles. The van der Waals surface area contributed by atoms with E-state index in [0.717, 1.165) is 22.3 Å². The first-order chi connectivity index (χ1) is 22.0. The van der Waals surface area contributed by atoms with Gasteiger partial charge in [-0.3, -0.25) is 19.1 Å². The zero-order valence-corrected chi connectivity index (χ0v) is 27.2.